The molecule has 0 unspecified atom stereocenters. The minimum absolute atomic E-state index is 0.244. The molecule has 0 spiro atoms. The first-order valence-electron chi connectivity index (χ1n) is 4.59. The minimum Gasteiger partial charge on any atom is -0.373 e. The molecule has 0 aliphatic carbocycles. The van der Waals surface area contributed by atoms with Crippen molar-refractivity contribution in [1.29, 1.82) is 0 Å². The van der Waals surface area contributed by atoms with E-state index < -0.39 is 0 Å². The molecule has 2 heterocycles. The Morgan fingerprint density at radius 3 is 2.71 bits per heavy atom. The molecular formula is C8H10N6S3. The van der Waals surface area contributed by atoms with Crippen LogP contribution in [0.1, 0.15) is 0 Å². The molecule has 3 N–H and O–H groups in total. The summed E-state index contributed by atoms with van der Waals surface area (Å²) in [7, 11) is 1.78. The van der Waals surface area contributed by atoms with E-state index in [9.17, 15) is 0 Å². The van der Waals surface area contributed by atoms with Crippen LogP contribution in [0, 0.1) is 0 Å². The second-order valence-electron chi connectivity index (χ2n) is 2.84. The minimum atomic E-state index is 0.244. The Morgan fingerprint density at radius 2 is 2.06 bits per heavy atom. The van der Waals surface area contributed by atoms with E-state index >= 15 is 0 Å². The molecule has 0 radical (unpaired) electrons. The Labute approximate surface area is 111 Å². The molecule has 9 heteroatoms. The van der Waals surface area contributed by atoms with Gasteiger partial charge in [-0.15, -0.1) is 10.2 Å². The molecule has 0 saturated carbocycles. The lowest BCUT2D eigenvalue weighted by Crippen LogP contribution is -2.00. The molecular weight excluding hydrogens is 276 g/mol. The van der Waals surface area contributed by atoms with Crippen LogP contribution in [-0.2, 0) is 0 Å². The highest BCUT2D eigenvalue weighted by molar-refractivity contribution is 8.02. The van der Waals surface area contributed by atoms with Gasteiger partial charge < -0.3 is 11.1 Å². The number of aromatic nitrogens is 4. The molecule has 2 rings (SSSR count). The molecule has 90 valence electrons. The topological polar surface area (TPSA) is 89.6 Å². The van der Waals surface area contributed by atoms with Crippen molar-refractivity contribution in [2.24, 2.45) is 0 Å². The molecule has 0 aromatic carbocycles. The predicted octanol–water partition coefficient (Wildman–Crippen LogP) is 1.83. The van der Waals surface area contributed by atoms with Crippen molar-refractivity contribution in [2.45, 2.75) is 13.7 Å². The Balaban J connectivity index is 2.20. The fourth-order valence-electron chi connectivity index (χ4n) is 1.03. The molecule has 0 saturated heterocycles. The number of anilines is 2. The summed E-state index contributed by atoms with van der Waals surface area (Å²) < 4.78 is 1.78. The van der Waals surface area contributed by atoms with E-state index in [4.69, 9.17) is 5.73 Å². The van der Waals surface area contributed by atoms with Crippen LogP contribution in [0.4, 0.5) is 11.8 Å². The third-order valence-electron chi connectivity index (χ3n) is 1.73. The van der Waals surface area contributed by atoms with Gasteiger partial charge >= 0.3 is 0 Å². The zero-order chi connectivity index (χ0) is 12.3. The summed E-state index contributed by atoms with van der Waals surface area (Å²) in [4.78, 5) is 8.15. The SMILES string of the molecule is CNc1cc(Sc2nnc(SC)s2)nc(N)n1. The summed E-state index contributed by atoms with van der Waals surface area (Å²) in [6, 6.07) is 1.82. The van der Waals surface area contributed by atoms with Crippen molar-refractivity contribution in [3.8, 4) is 0 Å². The first-order valence-corrected chi connectivity index (χ1v) is 7.44. The zero-order valence-electron chi connectivity index (χ0n) is 9.17. The molecule has 0 atom stereocenters. The summed E-state index contributed by atoms with van der Waals surface area (Å²) in [6.07, 6.45) is 1.97. The van der Waals surface area contributed by atoms with Gasteiger partial charge in [0.1, 0.15) is 10.8 Å². The van der Waals surface area contributed by atoms with Gasteiger partial charge in [0, 0.05) is 13.1 Å². The number of thioether (sulfide) groups is 1. The van der Waals surface area contributed by atoms with Crippen molar-refractivity contribution in [3.63, 3.8) is 0 Å². The summed E-state index contributed by atoms with van der Waals surface area (Å²) >= 11 is 4.53. The first-order chi connectivity index (χ1) is 8.21. The largest absolute Gasteiger partial charge is 0.373 e. The van der Waals surface area contributed by atoms with Crippen molar-refractivity contribution in [3.05, 3.63) is 6.07 Å². The average Bonchev–Trinajstić information content (AvgIpc) is 2.76. The van der Waals surface area contributed by atoms with E-state index in [0.717, 1.165) is 13.7 Å². The van der Waals surface area contributed by atoms with E-state index in [0.29, 0.717) is 5.82 Å². The lowest BCUT2D eigenvalue weighted by atomic mass is 10.6. The molecule has 0 fully saturated rings. The van der Waals surface area contributed by atoms with Gasteiger partial charge in [0.15, 0.2) is 8.68 Å². The van der Waals surface area contributed by atoms with E-state index in [-0.39, 0.29) is 5.95 Å². The van der Waals surface area contributed by atoms with Crippen LogP contribution in [0.3, 0.4) is 0 Å². The highest BCUT2D eigenvalue weighted by Gasteiger charge is 2.08. The van der Waals surface area contributed by atoms with Crippen molar-refractivity contribution in [2.75, 3.05) is 24.4 Å². The van der Waals surface area contributed by atoms with Crippen molar-refractivity contribution < 1.29 is 0 Å². The van der Waals surface area contributed by atoms with Gasteiger partial charge in [-0.2, -0.15) is 4.98 Å². The molecule has 0 aliphatic rings. The Bertz CT molecular complexity index is 514. The summed E-state index contributed by atoms with van der Waals surface area (Å²) in [5.41, 5.74) is 5.61. The Morgan fingerprint density at radius 1 is 1.29 bits per heavy atom. The van der Waals surface area contributed by atoms with Crippen molar-refractivity contribution in [1.82, 2.24) is 20.2 Å². The maximum atomic E-state index is 5.61. The van der Waals surface area contributed by atoms with Crippen LogP contribution in [0.25, 0.3) is 0 Å². The van der Waals surface area contributed by atoms with Crippen LogP contribution in [0.15, 0.2) is 19.8 Å². The average molecular weight is 286 g/mol. The van der Waals surface area contributed by atoms with E-state index in [1.54, 1.807) is 18.8 Å². The number of nitrogens with one attached hydrogen (secondary N) is 1. The van der Waals surface area contributed by atoms with Gasteiger partial charge in [-0.05, 0) is 18.0 Å². The van der Waals surface area contributed by atoms with E-state index in [1.165, 1.54) is 23.1 Å². The Kier molecular flexibility index (Phi) is 4.02. The number of nitrogens with two attached hydrogens (primary N) is 1. The van der Waals surface area contributed by atoms with E-state index in [2.05, 4.69) is 25.5 Å². The van der Waals surface area contributed by atoms with Gasteiger partial charge in [-0.3, -0.25) is 0 Å². The number of rotatable bonds is 4. The first kappa shape index (κ1) is 12.4. The van der Waals surface area contributed by atoms with Gasteiger partial charge in [-0.1, -0.05) is 23.1 Å². The van der Waals surface area contributed by atoms with Crippen LogP contribution >= 0.6 is 34.9 Å². The summed E-state index contributed by atoms with van der Waals surface area (Å²) in [5, 5.41) is 11.8. The van der Waals surface area contributed by atoms with Crippen LogP contribution < -0.4 is 11.1 Å². The second kappa shape index (κ2) is 5.52. The molecule has 2 aromatic heterocycles. The zero-order valence-corrected chi connectivity index (χ0v) is 11.6. The standard InChI is InChI=1S/C8H10N6S3/c1-10-4-3-5(12-6(9)11-4)16-8-14-13-7(15-2)17-8/h3H,1-2H3,(H3,9,10,11,12). The smallest absolute Gasteiger partial charge is 0.223 e. The van der Waals surface area contributed by atoms with Crippen molar-refractivity contribution >= 4 is 46.6 Å². The summed E-state index contributed by atoms with van der Waals surface area (Å²) in [5.74, 6) is 0.934. The normalized spacial score (nSPS) is 10.5. The molecule has 17 heavy (non-hydrogen) atoms. The van der Waals surface area contributed by atoms with Gasteiger partial charge in [0.2, 0.25) is 5.95 Å². The fourth-order valence-corrected chi connectivity index (χ4v) is 3.43. The maximum Gasteiger partial charge on any atom is 0.223 e. The van der Waals surface area contributed by atoms with Gasteiger partial charge in [0.05, 0.1) is 0 Å². The van der Waals surface area contributed by atoms with E-state index in [1.807, 2.05) is 12.3 Å². The second-order valence-corrected chi connectivity index (χ2v) is 6.14. The maximum absolute atomic E-state index is 5.61. The number of hydrogen-bond donors (Lipinski definition) is 2. The van der Waals surface area contributed by atoms with Gasteiger partial charge in [-0.25, -0.2) is 4.98 Å². The molecule has 0 aliphatic heterocycles. The highest BCUT2D eigenvalue weighted by atomic mass is 32.2. The van der Waals surface area contributed by atoms with Crippen LogP contribution in [-0.4, -0.2) is 33.5 Å². The quantitative estimate of drug-likeness (QED) is 0.650. The molecule has 0 amide bonds. The third-order valence-corrected chi connectivity index (χ3v) is 4.60. The number of nitrogens with zero attached hydrogens (tertiary/aromatic N) is 4. The molecule has 6 nitrogen and oxygen atoms in total. The lowest BCUT2D eigenvalue weighted by Gasteiger charge is -2.02. The van der Waals surface area contributed by atoms with Crippen LogP contribution in [0.5, 0.6) is 0 Å². The molecule has 2 aromatic rings. The fraction of sp³-hybridized carbons (Fsp3) is 0.250. The predicted molar refractivity (Wildman–Crippen MR) is 71.8 cm³/mol. The monoisotopic (exact) mass is 286 g/mol. The number of hydrogen-bond acceptors (Lipinski definition) is 9. The van der Waals surface area contributed by atoms with Gasteiger partial charge in [0.25, 0.3) is 0 Å². The Hall–Kier alpha value is -1.06. The summed E-state index contributed by atoms with van der Waals surface area (Å²) in [6.45, 7) is 0. The lowest BCUT2D eigenvalue weighted by molar-refractivity contribution is 0.952. The molecule has 0 bridgehead atoms. The van der Waals surface area contributed by atoms with Crippen LogP contribution in [0.2, 0.25) is 0 Å². The third kappa shape index (κ3) is 3.20. The highest BCUT2D eigenvalue weighted by Crippen LogP contribution is 2.32. The number of nitrogen functional groups attached to an aromatic ring is 1.